The number of rotatable bonds is 6. The maximum absolute atomic E-state index is 4.42. The van der Waals surface area contributed by atoms with Crippen LogP contribution in [0.15, 0.2) is 24.4 Å². The number of nitrogens with zero attached hydrogens (tertiary/aromatic N) is 2. The summed E-state index contributed by atoms with van der Waals surface area (Å²) >= 11 is 0. The molecule has 20 heavy (non-hydrogen) atoms. The minimum absolute atomic E-state index is 0.654. The molecule has 1 N–H and O–H groups in total. The van der Waals surface area contributed by atoms with Crippen molar-refractivity contribution in [2.45, 2.75) is 52.1 Å². The Kier molecular flexibility index (Phi) is 5.99. The zero-order chi connectivity index (χ0) is 14.4. The average molecular weight is 275 g/mol. The van der Waals surface area contributed by atoms with Gasteiger partial charge < -0.3 is 5.32 Å². The second-order valence-electron chi connectivity index (χ2n) is 6.06. The van der Waals surface area contributed by atoms with Crippen molar-refractivity contribution in [1.82, 2.24) is 15.2 Å². The van der Waals surface area contributed by atoms with Crippen LogP contribution >= 0.6 is 0 Å². The van der Waals surface area contributed by atoms with Gasteiger partial charge in [-0.2, -0.15) is 0 Å². The van der Waals surface area contributed by atoms with Crippen LogP contribution in [0.1, 0.15) is 39.3 Å². The van der Waals surface area contributed by atoms with E-state index in [2.05, 4.69) is 48.1 Å². The summed E-state index contributed by atoms with van der Waals surface area (Å²) in [6.07, 6.45) is 5.45. The van der Waals surface area contributed by atoms with Crippen molar-refractivity contribution in [3.8, 4) is 0 Å². The number of pyridine rings is 1. The molecule has 0 amide bonds. The molecule has 0 saturated carbocycles. The summed E-state index contributed by atoms with van der Waals surface area (Å²) in [5.41, 5.74) is 1.21. The van der Waals surface area contributed by atoms with E-state index in [9.17, 15) is 0 Å². The van der Waals surface area contributed by atoms with Crippen LogP contribution in [0.5, 0.6) is 0 Å². The fraction of sp³-hybridized carbons (Fsp3) is 0.706. The molecule has 2 rings (SSSR count). The quantitative estimate of drug-likeness (QED) is 0.865. The van der Waals surface area contributed by atoms with Crippen LogP contribution in [-0.2, 0) is 6.42 Å². The normalized spacial score (nSPS) is 27.6. The van der Waals surface area contributed by atoms with Gasteiger partial charge in [0.05, 0.1) is 0 Å². The Labute approximate surface area is 123 Å². The minimum Gasteiger partial charge on any atom is -0.314 e. The Morgan fingerprint density at radius 1 is 1.35 bits per heavy atom. The highest BCUT2D eigenvalue weighted by molar-refractivity contribution is 5.04. The Bertz CT molecular complexity index is 379. The number of aromatic nitrogens is 1. The van der Waals surface area contributed by atoms with E-state index >= 15 is 0 Å². The summed E-state index contributed by atoms with van der Waals surface area (Å²) < 4.78 is 0. The number of hydrogen-bond donors (Lipinski definition) is 1. The predicted octanol–water partition coefficient (Wildman–Crippen LogP) is 2.72. The number of piperidine rings is 1. The first-order chi connectivity index (χ1) is 9.72. The van der Waals surface area contributed by atoms with Crippen LogP contribution in [-0.4, -0.2) is 41.6 Å². The SMILES string of the molecule is CCCNC1CCN(CCc2ccccn2)C(C)C1C. The van der Waals surface area contributed by atoms with E-state index < -0.39 is 0 Å². The second kappa shape index (κ2) is 7.75. The van der Waals surface area contributed by atoms with Gasteiger partial charge in [-0.1, -0.05) is 19.9 Å². The van der Waals surface area contributed by atoms with Crippen LogP contribution in [0.25, 0.3) is 0 Å². The molecule has 112 valence electrons. The molecule has 1 aromatic rings. The molecule has 3 heteroatoms. The molecule has 1 aliphatic heterocycles. The molecular weight excluding hydrogens is 246 g/mol. The first-order valence-electron chi connectivity index (χ1n) is 8.09. The molecule has 3 atom stereocenters. The van der Waals surface area contributed by atoms with Crippen molar-refractivity contribution in [3.05, 3.63) is 30.1 Å². The highest BCUT2D eigenvalue weighted by Crippen LogP contribution is 2.23. The number of nitrogens with one attached hydrogen (secondary N) is 1. The second-order valence-corrected chi connectivity index (χ2v) is 6.06. The van der Waals surface area contributed by atoms with E-state index in [4.69, 9.17) is 0 Å². The molecule has 1 fully saturated rings. The highest BCUT2D eigenvalue weighted by atomic mass is 15.2. The van der Waals surface area contributed by atoms with Gasteiger partial charge in [0.2, 0.25) is 0 Å². The summed E-state index contributed by atoms with van der Waals surface area (Å²) in [5, 5.41) is 3.71. The van der Waals surface area contributed by atoms with Crippen LogP contribution in [0.4, 0.5) is 0 Å². The molecule has 0 aliphatic carbocycles. The molecule has 2 heterocycles. The Hall–Kier alpha value is -0.930. The van der Waals surface area contributed by atoms with Gasteiger partial charge in [0.15, 0.2) is 0 Å². The van der Waals surface area contributed by atoms with Crippen LogP contribution < -0.4 is 5.32 Å². The highest BCUT2D eigenvalue weighted by Gasteiger charge is 2.31. The lowest BCUT2D eigenvalue weighted by Crippen LogP contribution is -2.53. The fourth-order valence-corrected chi connectivity index (χ4v) is 3.18. The zero-order valence-electron chi connectivity index (χ0n) is 13.2. The van der Waals surface area contributed by atoms with E-state index in [1.807, 2.05) is 12.3 Å². The van der Waals surface area contributed by atoms with Crippen molar-refractivity contribution < 1.29 is 0 Å². The van der Waals surface area contributed by atoms with E-state index in [1.165, 1.54) is 25.1 Å². The van der Waals surface area contributed by atoms with E-state index in [1.54, 1.807) is 0 Å². The maximum atomic E-state index is 4.42. The summed E-state index contributed by atoms with van der Waals surface area (Å²) in [4.78, 5) is 7.05. The van der Waals surface area contributed by atoms with Crippen molar-refractivity contribution in [3.63, 3.8) is 0 Å². The molecule has 0 spiro atoms. The first kappa shape index (κ1) is 15.5. The monoisotopic (exact) mass is 275 g/mol. The molecule has 1 aromatic heterocycles. The lowest BCUT2D eigenvalue weighted by molar-refractivity contribution is 0.0859. The lowest BCUT2D eigenvalue weighted by atomic mass is 9.86. The van der Waals surface area contributed by atoms with E-state index in [0.717, 1.165) is 25.4 Å². The zero-order valence-corrected chi connectivity index (χ0v) is 13.2. The first-order valence-corrected chi connectivity index (χ1v) is 8.09. The largest absolute Gasteiger partial charge is 0.314 e. The Morgan fingerprint density at radius 2 is 2.20 bits per heavy atom. The van der Waals surface area contributed by atoms with Crippen LogP contribution in [0, 0.1) is 5.92 Å². The average Bonchev–Trinajstić information content (AvgIpc) is 2.49. The third-order valence-corrected chi connectivity index (χ3v) is 4.74. The van der Waals surface area contributed by atoms with Crippen molar-refractivity contribution in [1.29, 1.82) is 0 Å². The maximum Gasteiger partial charge on any atom is 0.0416 e. The third-order valence-electron chi connectivity index (χ3n) is 4.74. The summed E-state index contributed by atoms with van der Waals surface area (Å²) in [7, 11) is 0. The molecule has 3 nitrogen and oxygen atoms in total. The van der Waals surface area contributed by atoms with Gasteiger partial charge in [-0.15, -0.1) is 0 Å². The Balaban J connectivity index is 1.82. The van der Waals surface area contributed by atoms with Gasteiger partial charge in [0, 0.05) is 36.9 Å². The third kappa shape index (κ3) is 4.03. The predicted molar refractivity (Wildman–Crippen MR) is 84.8 cm³/mol. The van der Waals surface area contributed by atoms with Crippen molar-refractivity contribution in [2.24, 2.45) is 5.92 Å². The number of hydrogen-bond acceptors (Lipinski definition) is 3. The number of likely N-dealkylation sites (tertiary alicyclic amines) is 1. The molecule has 0 aromatic carbocycles. The standard InChI is InChI=1S/C17H29N3/c1-4-10-19-17-9-13-20(15(3)14(17)2)12-8-16-7-5-6-11-18-16/h5-7,11,14-15,17,19H,4,8-10,12-13H2,1-3H3. The van der Waals surface area contributed by atoms with Gasteiger partial charge in [0.25, 0.3) is 0 Å². The smallest absolute Gasteiger partial charge is 0.0416 e. The van der Waals surface area contributed by atoms with Gasteiger partial charge in [-0.3, -0.25) is 9.88 Å². The fourth-order valence-electron chi connectivity index (χ4n) is 3.18. The molecular formula is C17H29N3. The van der Waals surface area contributed by atoms with E-state index in [0.29, 0.717) is 12.1 Å². The molecule has 0 radical (unpaired) electrons. The lowest BCUT2D eigenvalue weighted by Gasteiger charge is -2.43. The molecule has 0 bridgehead atoms. The minimum atomic E-state index is 0.654. The van der Waals surface area contributed by atoms with Gasteiger partial charge in [-0.05, 0) is 50.9 Å². The summed E-state index contributed by atoms with van der Waals surface area (Å²) in [6, 6.07) is 7.54. The van der Waals surface area contributed by atoms with Crippen LogP contribution in [0.3, 0.4) is 0 Å². The van der Waals surface area contributed by atoms with Gasteiger partial charge >= 0.3 is 0 Å². The van der Waals surface area contributed by atoms with Gasteiger partial charge in [0.1, 0.15) is 0 Å². The van der Waals surface area contributed by atoms with Gasteiger partial charge in [-0.25, -0.2) is 0 Å². The topological polar surface area (TPSA) is 28.2 Å². The van der Waals surface area contributed by atoms with Crippen molar-refractivity contribution >= 4 is 0 Å². The molecule has 3 unspecified atom stereocenters. The van der Waals surface area contributed by atoms with E-state index in [-0.39, 0.29) is 0 Å². The molecule has 1 saturated heterocycles. The molecule has 1 aliphatic rings. The summed E-state index contributed by atoms with van der Waals surface area (Å²) in [6.45, 7) is 10.5. The van der Waals surface area contributed by atoms with Crippen LogP contribution in [0.2, 0.25) is 0 Å². The van der Waals surface area contributed by atoms with Crippen molar-refractivity contribution in [2.75, 3.05) is 19.6 Å². The Morgan fingerprint density at radius 3 is 2.90 bits per heavy atom. The summed E-state index contributed by atoms with van der Waals surface area (Å²) in [5.74, 6) is 0.721.